The van der Waals surface area contributed by atoms with E-state index in [1.165, 1.54) is 18.2 Å². The largest absolute Gasteiger partial charge is 0.489 e. The highest BCUT2D eigenvalue weighted by Crippen LogP contribution is 2.29. The number of amides is 1. The van der Waals surface area contributed by atoms with Crippen LogP contribution in [0, 0.1) is 11.6 Å². The van der Waals surface area contributed by atoms with E-state index in [1.807, 2.05) is 46.2 Å². The zero-order valence-corrected chi connectivity index (χ0v) is 22.8. The highest BCUT2D eigenvalue weighted by molar-refractivity contribution is 6.32. The Hall–Kier alpha value is -2.97. The molecule has 6 nitrogen and oxygen atoms in total. The number of ether oxygens (including phenoxy) is 1. The summed E-state index contributed by atoms with van der Waals surface area (Å²) in [7, 11) is 1.85. The van der Waals surface area contributed by atoms with Crippen LogP contribution in [-0.2, 0) is 18.9 Å². The fourth-order valence-electron chi connectivity index (χ4n) is 4.14. The highest BCUT2D eigenvalue weighted by atomic mass is 35.5. The number of benzene rings is 2. The van der Waals surface area contributed by atoms with Crippen LogP contribution in [0.1, 0.15) is 70.2 Å². The fourth-order valence-corrected chi connectivity index (χ4v) is 4.36. The van der Waals surface area contributed by atoms with E-state index in [0.29, 0.717) is 17.0 Å². The first-order chi connectivity index (χ1) is 17.3. The Labute approximate surface area is 229 Å². The Morgan fingerprint density at radius 1 is 1.18 bits per heavy atom. The molecule has 0 unspecified atom stereocenters. The van der Waals surface area contributed by atoms with E-state index >= 15 is 8.78 Å². The quantitative estimate of drug-likeness (QED) is 0.321. The fraction of sp³-hybridized carbons (Fsp3) is 0.448. The minimum Gasteiger partial charge on any atom is -0.489 e. The van der Waals surface area contributed by atoms with Crippen molar-refractivity contribution < 1.29 is 23.4 Å². The average Bonchev–Trinajstić information content (AvgIpc) is 3.19. The van der Waals surface area contributed by atoms with Crippen molar-refractivity contribution in [3.8, 4) is 17.0 Å². The number of carbonyl (C=O) groups is 1. The Morgan fingerprint density at radius 2 is 1.82 bits per heavy atom. The molecule has 208 valence electrons. The van der Waals surface area contributed by atoms with E-state index in [1.54, 1.807) is 18.3 Å². The maximum atomic E-state index is 15.1. The van der Waals surface area contributed by atoms with Crippen LogP contribution in [0.5, 0.6) is 5.75 Å². The Kier molecular flexibility index (Phi) is 10.5. The molecule has 2 N–H and O–H groups in total. The van der Waals surface area contributed by atoms with Gasteiger partial charge in [-0.1, -0.05) is 39.8 Å². The number of hydrogen-bond donors (Lipinski definition) is 2. The molecule has 1 atom stereocenters. The molecule has 0 saturated heterocycles. The zero-order chi connectivity index (χ0) is 27.5. The summed E-state index contributed by atoms with van der Waals surface area (Å²) in [5.74, 6) is -0.715. The van der Waals surface area contributed by atoms with Gasteiger partial charge in [0, 0.05) is 48.0 Å². The predicted molar refractivity (Wildman–Crippen MR) is 148 cm³/mol. The lowest BCUT2D eigenvalue weighted by Gasteiger charge is -2.19. The number of hydrogen-bond acceptors (Lipinski definition) is 4. The van der Waals surface area contributed by atoms with Crippen LogP contribution in [0.15, 0.2) is 36.5 Å². The van der Waals surface area contributed by atoms with Crippen LogP contribution < -0.4 is 10.1 Å². The monoisotopic (exact) mass is 549 g/mol. The Balaban J connectivity index is 0.00000507. The van der Waals surface area contributed by atoms with Gasteiger partial charge in [0.05, 0.1) is 16.8 Å². The van der Waals surface area contributed by atoms with Crippen LogP contribution in [0.4, 0.5) is 8.78 Å². The summed E-state index contributed by atoms with van der Waals surface area (Å²) in [6, 6.07) is 6.42. The molecule has 0 bridgehead atoms. The third kappa shape index (κ3) is 7.54. The molecule has 1 heterocycles. The molecule has 0 saturated carbocycles. The van der Waals surface area contributed by atoms with Gasteiger partial charge in [0.1, 0.15) is 23.2 Å². The highest BCUT2D eigenvalue weighted by Gasteiger charge is 2.23. The number of nitrogens with one attached hydrogen (secondary N) is 1. The first kappa shape index (κ1) is 31.2. The molecule has 3 rings (SSSR count). The summed E-state index contributed by atoms with van der Waals surface area (Å²) in [6.07, 6.45) is 1.64. The van der Waals surface area contributed by atoms with Crippen LogP contribution in [0.2, 0.25) is 5.02 Å². The smallest absolute Gasteiger partial charge is 0.251 e. The zero-order valence-electron chi connectivity index (χ0n) is 22.0. The average molecular weight is 550 g/mol. The van der Waals surface area contributed by atoms with Crippen molar-refractivity contribution in [1.29, 1.82) is 0 Å². The molecule has 3 aromatic rings. The summed E-state index contributed by atoms with van der Waals surface area (Å²) < 4.78 is 37.7. The molecule has 1 aromatic heterocycles. The molecule has 0 aliphatic rings. The van der Waals surface area contributed by atoms with E-state index in [4.69, 9.17) is 16.3 Å². The van der Waals surface area contributed by atoms with E-state index in [-0.39, 0.29) is 54.5 Å². The number of rotatable bonds is 9. The van der Waals surface area contributed by atoms with E-state index in [0.717, 1.165) is 5.82 Å². The molecule has 0 radical (unpaired) electrons. The van der Waals surface area contributed by atoms with Crippen molar-refractivity contribution in [2.45, 2.75) is 72.4 Å². The Bertz CT molecular complexity index is 1250. The summed E-state index contributed by atoms with van der Waals surface area (Å²) in [4.78, 5) is 17.4. The third-order valence-electron chi connectivity index (χ3n) is 5.80. The van der Waals surface area contributed by atoms with Crippen LogP contribution in [-0.4, -0.2) is 39.3 Å². The minimum absolute atomic E-state index is 0. The second-order valence-corrected chi connectivity index (χ2v) is 10.8. The van der Waals surface area contributed by atoms with E-state index < -0.39 is 23.6 Å². The number of halogens is 3. The number of aryl methyl sites for hydroxylation is 1. The van der Waals surface area contributed by atoms with Crippen molar-refractivity contribution in [2.24, 2.45) is 7.05 Å². The van der Waals surface area contributed by atoms with Gasteiger partial charge in [-0.25, -0.2) is 13.8 Å². The lowest BCUT2D eigenvalue weighted by atomic mass is 9.96. The van der Waals surface area contributed by atoms with Crippen molar-refractivity contribution in [3.63, 3.8) is 0 Å². The summed E-state index contributed by atoms with van der Waals surface area (Å²) in [5.41, 5.74) is 0.661. The predicted octanol–water partition coefficient (Wildman–Crippen LogP) is 6.46. The van der Waals surface area contributed by atoms with E-state index in [9.17, 15) is 9.90 Å². The summed E-state index contributed by atoms with van der Waals surface area (Å²) >= 11 is 6.24. The second kappa shape index (κ2) is 12.7. The van der Waals surface area contributed by atoms with Crippen molar-refractivity contribution in [2.75, 3.05) is 6.61 Å². The van der Waals surface area contributed by atoms with E-state index in [2.05, 4.69) is 10.3 Å². The van der Waals surface area contributed by atoms with Crippen molar-refractivity contribution in [3.05, 3.63) is 70.1 Å². The van der Waals surface area contributed by atoms with Gasteiger partial charge >= 0.3 is 0 Å². The minimum atomic E-state index is -0.742. The molecule has 9 heteroatoms. The van der Waals surface area contributed by atoms with Gasteiger partial charge in [0.2, 0.25) is 0 Å². The van der Waals surface area contributed by atoms with Gasteiger partial charge in [-0.3, -0.25) is 4.79 Å². The van der Waals surface area contributed by atoms with Gasteiger partial charge in [-0.05, 0) is 57.0 Å². The number of aliphatic hydroxyl groups excluding tert-OH is 1. The standard InChI is InChI=1S/C28H34ClF2N3O3.CH4/c1-16(2)37-25-8-7-17(11-21(25)29)26(36)32-19(9-10-35)14-20-22(30)12-18(13-23(20)31)24-15-34(6)27(33-24)28(3,4)5;/h7-8,11-13,15-16,19,35H,9-10,14H2,1-6H3,(H,32,36);1H4/t19-;/m1./s1. The number of aliphatic hydroxyl groups is 1. The molecule has 38 heavy (non-hydrogen) atoms. The SMILES string of the molecule is C.CC(C)Oc1ccc(C(=O)N[C@H](CCO)Cc2c(F)cc(-c3cn(C)c(C(C)(C)C)n3)cc2F)cc1Cl. The van der Waals surface area contributed by atoms with Gasteiger partial charge in [0.15, 0.2) is 0 Å². The third-order valence-corrected chi connectivity index (χ3v) is 6.10. The van der Waals surface area contributed by atoms with Gasteiger partial charge < -0.3 is 19.7 Å². The summed E-state index contributed by atoms with van der Waals surface area (Å²) in [6.45, 7) is 9.50. The molecular weight excluding hydrogens is 512 g/mol. The molecule has 0 aliphatic heterocycles. The van der Waals surface area contributed by atoms with Gasteiger partial charge in [-0.2, -0.15) is 0 Å². The topological polar surface area (TPSA) is 76.4 Å². The second-order valence-electron chi connectivity index (χ2n) is 10.4. The molecule has 2 aromatic carbocycles. The number of carbonyl (C=O) groups excluding carboxylic acids is 1. The van der Waals surface area contributed by atoms with Crippen LogP contribution >= 0.6 is 11.6 Å². The van der Waals surface area contributed by atoms with Gasteiger partial charge in [-0.15, -0.1) is 0 Å². The summed E-state index contributed by atoms with van der Waals surface area (Å²) in [5, 5.41) is 12.5. The van der Waals surface area contributed by atoms with Gasteiger partial charge in [0.25, 0.3) is 5.91 Å². The molecule has 1 amide bonds. The van der Waals surface area contributed by atoms with Crippen molar-refractivity contribution >= 4 is 17.5 Å². The number of aromatic nitrogens is 2. The lowest BCUT2D eigenvalue weighted by molar-refractivity contribution is 0.0929. The lowest BCUT2D eigenvalue weighted by Crippen LogP contribution is -2.37. The first-order valence-corrected chi connectivity index (χ1v) is 12.6. The molecule has 0 aliphatic carbocycles. The maximum Gasteiger partial charge on any atom is 0.251 e. The first-order valence-electron chi connectivity index (χ1n) is 12.2. The van der Waals surface area contributed by atoms with Crippen LogP contribution in [0.25, 0.3) is 11.3 Å². The number of imidazole rings is 1. The van der Waals surface area contributed by atoms with Crippen molar-refractivity contribution in [1.82, 2.24) is 14.9 Å². The normalized spacial score (nSPS) is 12.3. The Morgan fingerprint density at radius 3 is 2.32 bits per heavy atom. The van der Waals surface area contributed by atoms with Crippen LogP contribution in [0.3, 0.4) is 0 Å². The maximum absolute atomic E-state index is 15.1. The number of nitrogens with zero attached hydrogens (tertiary/aromatic N) is 2. The molecule has 0 fully saturated rings. The molecule has 0 spiro atoms. The molecular formula is C29H38ClF2N3O3.